The maximum absolute atomic E-state index is 3.36. The van der Waals surface area contributed by atoms with Crippen LogP contribution in [0.3, 0.4) is 0 Å². The maximum Gasteiger partial charge on any atom is -0.0171 e. The summed E-state index contributed by atoms with van der Waals surface area (Å²) in [6.45, 7) is 16.4. The van der Waals surface area contributed by atoms with E-state index >= 15 is 0 Å². The van der Waals surface area contributed by atoms with Gasteiger partial charge >= 0.3 is 0 Å². The summed E-state index contributed by atoms with van der Waals surface area (Å²) in [5.74, 6) is 1.73. The van der Waals surface area contributed by atoms with Crippen LogP contribution in [0.25, 0.3) is 0 Å². The lowest BCUT2D eigenvalue weighted by molar-refractivity contribution is 0.439. The third-order valence-corrected chi connectivity index (χ3v) is 2.67. The van der Waals surface area contributed by atoms with Crippen LogP contribution < -0.4 is 0 Å². The predicted octanol–water partition coefficient (Wildman–Crippen LogP) is 6.00. The van der Waals surface area contributed by atoms with Gasteiger partial charge in [0.05, 0.1) is 0 Å². The molecule has 0 spiro atoms. The van der Waals surface area contributed by atoms with Crippen molar-refractivity contribution < 1.29 is 0 Å². The van der Waals surface area contributed by atoms with Gasteiger partial charge in [0.25, 0.3) is 0 Å². The van der Waals surface area contributed by atoms with Crippen LogP contribution in [0.5, 0.6) is 0 Å². The van der Waals surface area contributed by atoms with E-state index < -0.39 is 0 Å². The lowest BCUT2D eigenvalue weighted by Gasteiger charge is -2.30. The molecule has 0 heterocycles. The fraction of sp³-hybridized carbons (Fsp3) is 0.750. The number of hydrogen-bond donors (Lipinski definition) is 0. The molecular weight excluding hydrogens is 192 g/mol. The Balaban J connectivity index is 0. The van der Waals surface area contributed by atoms with Crippen LogP contribution in [0, 0.1) is 11.8 Å². The van der Waals surface area contributed by atoms with E-state index in [1.54, 1.807) is 11.6 Å². The van der Waals surface area contributed by atoms with Gasteiger partial charge in [-0.2, -0.15) is 0 Å². The van der Waals surface area contributed by atoms with Crippen LogP contribution in [0.4, 0.5) is 0 Å². The van der Waals surface area contributed by atoms with E-state index in [0.29, 0.717) is 0 Å². The average Bonchev–Trinajstić information content (AvgIpc) is 2.26. The van der Waals surface area contributed by atoms with Gasteiger partial charge in [0.2, 0.25) is 0 Å². The van der Waals surface area contributed by atoms with Crippen molar-refractivity contribution in [2.24, 2.45) is 11.8 Å². The van der Waals surface area contributed by atoms with E-state index in [4.69, 9.17) is 0 Å². The van der Waals surface area contributed by atoms with Crippen molar-refractivity contribution in [3.05, 3.63) is 24.3 Å². The van der Waals surface area contributed by atoms with Gasteiger partial charge in [-0.25, -0.2) is 0 Å². The highest BCUT2D eigenvalue weighted by molar-refractivity contribution is 5.19. The Kier molecular flexibility index (Phi) is 14.0. The van der Waals surface area contributed by atoms with Crippen LogP contribution in [0.15, 0.2) is 24.3 Å². The Hall–Kier alpha value is -0.520. The molecule has 1 rings (SSSR count). The molecule has 0 aromatic carbocycles. The monoisotopic (exact) mass is 224 g/mol. The largest absolute Gasteiger partial charge is 0.103 e. The molecule has 0 amide bonds. The summed E-state index contributed by atoms with van der Waals surface area (Å²) < 4.78 is 0. The third kappa shape index (κ3) is 8.76. The Labute approximate surface area is 104 Å². The Morgan fingerprint density at radius 2 is 1.69 bits per heavy atom. The van der Waals surface area contributed by atoms with Gasteiger partial charge in [-0.15, -0.1) is 6.58 Å². The molecule has 0 saturated carbocycles. The highest BCUT2D eigenvalue weighted by Gasteiger charge is 2.22. The van der Waals surface area contributed by atoms with Crippen molar-refractivity contribution in [1.82, 2.24) is 0 Å². The smallest absolute Gasteiger partial charge is 0.0171 e. The van der Waals surface area contributed by atoms with Crippen LogP contribution >= 0.6 is 0 Å². The normalized spacial score (nSPS) is 21.5. The van der Waals surface area contributed by atoms with E-state index in [1.165, 1.54) is 25.7 Å². The van der Waals surface area contributed by atoms with E-state index in [9.17, 15) is 0 Å². The maximum atomic E-state index is 3.36. The molecule has 0 aliphatic heterocycles. The molecule has 1 aliphatic carbocycles. The molecule has 0 aromatic rings. The van der Waals surface area contributed by atoms with Crippen LogP contribution in [-0.4, -0.2) is 0 Å². The third-order valence-electron chi connectivity index (χ3n) is 2.67. The first-order chi connectivity index (χ1) is 7.58. The van der Waals surface area contributed by atoms with E-state index in [0.717, 1.165) is 11.8 Å². The summed E-state index contributed by atoms with van der Waals surface area (Å²) in [6, 6.07) is 0. The summed E-state index contributed by atoms with van der Waals surface area (Å²) in [6.07, 6.45) is 9.49. The molecule has 0 radical (unpaired) electrons. The fourth-order valence-electron chi connectivity index (χ4n) is 1.54. The zero-order valence-electron chi connectivity index (χ0n) is 12.3. The van der Waals surface area contributed by atoms with E-state index in [-0.39, 0.29) is 0 Å². The topological polar surface area (TPSA) is 0 Å². The zero-order chi connectivity index (χ0) is 13.0. The molecule has 0 bridgehead atoms. The lowest BCUT2D eigenvalue weighted by Crippen LogP contribution is -2.19. The summed E-state index contributed by atoms with van der Waals surface area (Å²) >= 11 is 0. The first-order valence-electron chi connectivity index (χ1n) is 6.86. The van der Waals surface area contributed by atoms with Crippen LogP contribution in [-0.2, 0) is 0 Å². The minimum absolute atomic E-state index is 0.854. The quantitative estimate of drug-likeness (QED) is 0.516. The zero-order valence-corrected chi connectivity index (χ0v) is 12.3. The Bertz CT molecular complexity index is 176. The van der Waals surface area contributed by atoms with Gasteiger partial charge < -0.3 is 0 Å². The molecule has 16 heavy (non-hydrogen) atoms. The molecule has 96 valence electrons. The van der Waals surface area contributed by atoms with Gasteiger partial charge in [0.15, 0.2) is 0 Å². The second kappa shape index (κ2) is 12.5. The first kappa shape index (κ1) is 17.9. The van der Waals surface area contributed by atoms with Crippen molar-refractivity contribution in [3.8, 4) is 0 Å². The number of unbranched alkanes of at least 4 members (excludes halogenated alkanes) is 1. The lowest BCUT2D eigenvalue weighted by atomic mass is 9.75. The second-order valence-electron chi connectivity index (χ2n) is 4.61. The minimum atomic E-state index is 0.854. The summed E-state index contributed by atoms with van der Waals surface area (Å²) in [5.41, 5.74) is 1.70. The molecule has 0 heteroatoms. The fourth-order valence-corrected chi connectivity index (χ4v) is 1.54. The number of allylic oxidation sites excluding steroid dienone is 3. The van der Waals surface area contributed by atoms with Gasteiger partial charge in [-0.1, -0.05) is 65.2 Å². The second-order valence-corrected chi connectivity index (χ2v) is 4.61. The van der Waals surface area contributed by atoms with Crippen LogP contribution in [0.1, 0.15) is 67.2 Å². The number of hydrogen-bond acceptors (Lipinski definition) is 0. The SMILES string of the molecule is C=CC.CCC.CCCCC1=CC(C)C1C. The molecule has 0 saturated heterocycles. The molecule has 0 fully saturated rings. The van der Waals surface area contributed by atoms with E-state index in [1.807, 2.05) is 6.92 Å². The molecule has 2 atom stereocenters. The molecule has 0 N–H and O–H groups in total. The minimum Gasteiger partial charge on any atom is -0.103 e. The molecule has 2 unspecified atom stereocenters. The van der Waals surface area contributed by atoms with Gasteiger partial charge in [0.1, 0.15) is 0 Å². The predicted molar refractivity (Wildman–Crippen MR) is 77.8 cm³/mol. The Morgan fingerprint density at radius 1 is 1.25 bits per heavy atom. The van der Waals surface area contributed by atoms with Gasteiger partial charge in [0, 0.05) is 0 Å². The van der Waals surface area contributed by atoms with Crippen molar-refractivity contribution in [3.63, 3.8) is 0 Å². The molecular formula is C16H32. The van der Waals surface area contributed by atoms with Crippen LogP contribution in [0.2, 0.25) is 0 Å². The summed E-state index contributed by atoms with van der Waals surface area (Å²) in [7, 11) is 0. The van der Waals surface area contributed by atoms with Gasteiger partial charge in [-0.05, 0) is 31.6 Å². The highest BCUT2D eigenvalue weighted by Crippen LogP contribution is 2.35. The molecule has 1 aliphatic rings. The standard InChI is InChI=1S/C10H18.C3H8.C3H6/c1-4-5-6-10-7-8(2)9(10)3;2*1-3-2/h7-9H,4-6H2,1-3H3;3H2,1-2H3;3H,1H2,2H3. The van der Waals surface area contributed by atoms with E-state index in [2.05, 4.69) is 47.3 Å². The van der Waals surface area contributed by atoms with Gasteiger partial charge in [-0.3, -0.25) is 0 Å². The summed E-state index contributed by atoms with van der Waals surface area (Å²) in [5, 5.41) is 0. The van der Waals surface area contributed by atoms with Crippen molar-refractivity contribution in [2.45, 2.75) is 67.2 Å². The number of rotatable bonds is 3. The first-order valence-corrected chi connectivity index (χ1v) is 6.86. The Morgan fingerprint density at radius 3 is 1.94 bits per heavy atom. The highest BCUT2D eigenvalue weighted by atomic mass is 14.3. The average molecular weight is 224 g/mol. The molecule has 0 nitrogen and oxygen atoms in total. The summed E-state index contributed by atoms with van der Waals surface area (Å²) in [4.78, 5) is 0. The van der Waals surface area contributed by atoms with Crippen molar-refractivity contribution >= 4 is 0 Å². The van der Waals surface area contributed by atoms with Crippen molar-refractivity contribution in [1.29, 1.82) is 0 Å². The molecule has 0 aromatic heterocycles. The van der Waals surface area contributed by atoms with Crippen molar-refractivity contribution in [2.75, 3.05) is 0 Å².